The number of anilines is 4. The molecule has 0 unspecified atom stereocenters. The molecule has 9 nitrogen and oxygen atoms in total. The lowest BCUT2D eigenvalue weighted by atomic mass is 9.96. The number of para-hydroxylation sites is 1. The van der Waals surface area contributed by atoms with E-state index in [1.807, 2.05) is 91.0 Å². The second-order valence-electron chi connectivity index (χ2n) is 10.0. The van der Waals surface area contributed by atoms with E-state index in [0.717, 1.165) is 51.0 Å². The van der Waals surface area contributed by atoms with Gasteiger partial charge in [-0.15, -0.1) is 0 Å². The molecule has 5 aromatic carbocycles. The number of hydrogen-bond acceptors (Lipinski definition) is 8. The second-order valence-corrected chi connectivity index (χ2v) is 12.9. The zero-order valence-electron chi connectivity index (χ0n) is 23.7. The fourth-order valence-corrected chi connectivity index (χ4v) is 6.30. The first kappa shape index (κ1) is 29.6. The Hall–Kier alpha value is -4.49. The van der Waals surface area contributed by atoms with Crippen molar-refractivity contribution in [3.8, 4) is 11.1 Å². The third kappa shape index (κ3) is 6.10. The minimum absolute atomic E-state index is 0.209. The minimum atomic E-state index is -3.53. The van der Waals surface area contributed by atoms with E-state index in [1.165, 1.54) is 18.4 Å². The van der Waals surface area contributed by atoms with Crippen LogP contribution in [0.5, 0.6) is 0 Å². The topological polar surface area (TPSA) is 114 Å². The van der Waals surface area contributed by atoms with Crippen molar-refractivity contribution in [3.63, 3.8) is 0 Å². The van der Waals surface area contributed by atoms with Crippen molar-refractivity contribution in [2.24, 2.45) is 0 Å². The summed E-state index contributed by atoms with van der Waals surface area (Å²) in [4.78, 5) is 0.902. The van der Waals surface area contributed by atoms with Gasteiger partial charge in [-0.2, -0.15) is 4.33 Å². The van der Waals surface area contributed by atoms with Crippen LogP contribution in [0, 0.1) is 0 Å². The van der Waals surface area contributed by atoms with E-state index in [9.17, 15) is 13.7 Å². The smallest absolute Gasteiger partial charge is 0.363 e. The first-order valence-electron chi connectivity index (χ1n) is 13.5. The van der Waals surface area contributed by atoms with Gasteiger partial charge < -0.3 is 15.9 Å². The monoisotopic (exact) mass is 625 g/mol. The summed E-state index contributed by atoms with van der Waals surface area (Å²) in [6.07, 6.45) is 0. The van der Waals surface area contributed by atoms with Crippen molar-refractivity contribution in [1.82, 2.24) is 4.31 Å². The summed E-state index contributed by atoms with van der Waals surface area (Å²) >= 11 is 0.838. The van der Waals surface area contributed by atoms with Gasteiger partial charge in [0.05, 0.1) is 39.8 Å². The molecule has 0 spiro atoms. The van der Waals surface area contributed by atoms with Gasteiger partial charge in [-0.05, 0) is 72.3 Å². The lowest BCUT2D eigenvalue weighted by molar-refractivity contribution is -0.777. The summed E-state index contributed by atoms with van der Waals surface area (Å²) in [7, 11) is -0.530. The predicted molar refractivity (Wildman–Crippen MR) is 172 cm³/mol. The summed E-state index contributed by atoms with van der Waals surface area (Å²) < 4.78 is 37.3. The van der Waals surface area contributed by atoms with Crippen molar-refractivity contribution in [3.05, 3.63) is 115 Å². The molecule has 2 N–H and O–H groups in total. The van der Waals surface area contributed by atoms with Crippen molar-refractivity contribution >= 4 is 66.8 Å². The Morgan fingerprint density at radius 2 is 1.25 bits per heavy atom. The highest BCUT2D eigenvalue weighted by atomic mass is 32.2. The number of rotatable bonds is 10. The number of nitrogens with one attached hydrogen (secondary N) is 2. The van der Waals surface area contributed by atoms with Gasteiger partial charge in [0.1, 0.15) is 0 Å². The van der Waals surface area contributed by atoms with Gasteiger partial charge in [0.2, 0.25) is 10.0 Å². The van der Waals surface area contributed by atoms with E-state index in [0.29, 0.717) is 21.7 Å². The standard InChI is InChI=1S/C33H27N3O6S2/c1-36(2)44(38,39)26-16-12-23(13-17-26)35-25-15-19-28-31(21-25)40-30-20-24(34-22-8-4-3-5-9-22)14-18-27(30)33(28)29-10-6-7-11-32(29)43-42-41-37/h3-21,34-35H,1-2H3. The zero-order valence-corrected chi connectivity index (χ0v) is 25.3. The average molecular weight is 626 g/mol. The molecular formula is C33H27N3O6S2. The van der Waals surface area contributed by atoms with Crippen LogP contribution in [0.1, 0.15) is 0 Å². The van der Waals surface area contributed by atoms with Gasteiger partial charge in [0.25, 0.3) is 0 Å². The first-order valence-corrected chi connectivity index (χ1v) is 15.7. The maximum Gasteiger partial charge on any atom is 0.363 e. The van der Waals surface area contributed by atoms with Gasteiger partial charge in [-0.1, -0.05) is 36.4 Å². The summed E-state index contributed by atoms with van der Waals surface area (Å²) in [6, 6.07) is 35.7. The maximum absolute atomic E-state index is 12.5. The van der Waals surface area contributed by atoms with Crippen molar-refractivity contribution in [2.75, 3.05) is 24.7 Å². The Kier molecular flexibility index (Phi) is 8.49. The fraction of sp³-hybridized carbons (Fsp3) is 0.0606. The molecule has 0 atom stereocenters. The Balaban J connectivity index is 1.45. The van der Waals surface area contributed by atoms with Gasteiger partial charge in [-0.25, -0.2) is 17.1 Å². The quantitative estimate of drug-likeness (QED) is 0.0525. The van der Waals surface area contributed by atoms with Crippen LogP contribution in [-0.4, -0.2) is 26.8 Å². The molecule has 6 aromatic rings. The molecule has 0 aliphatic carbocycles. The van der Waals surface area contributed by atoms with Crippen LogP contribution in [0.25, 0.3) is 33.1 Å². The second kappa shape index (κ2) is 12.6. The number of nitrogens with zero attached hydrogens (tertiary/aromatic N) is 1. The van der Waals surface area contributed by atoms with Crippen LogP contribution in [0.3, 0.4) is 0 Å². The Labute approximate surface area is 258 Å². The summed E-state index contributed by atoms with van der Waals surface area (Å²) in [6.45, 7) is 0. The van der Waals surface area contributed by atoms with E-state index in [4.69, 9.17) is 8.75 Å². The molecule has 0 amide bonds. The lowest BCUT2D eigenvalue weighted by Gasteiger charge is -2.13. The molecular weight excluding hydrogens is 599 g/mol. The fourth-order valence-electron chi connectivity index (χ4n) is 4.91. The normalized spacial score (nSPS) is 11.7. The van der Waals surface area contributed by atoms with Crippen molar-refractivity contribution in [2.45, 2.75) is 9.79 Å². The summed E-state index contributed by atoms with van der Waals surface area (Å²) in [5.74, 6) is 0. The molecule has 0 saturated carbocycles. The van der Waals surface area contributed by atoms with Crippen LogP contribution < -0.4 is 15.9 Å². The molecule has 0 fully saturated rings. The largest absolute Gasteiger partial charge is 0.691 e. The van der Waals surface area contributed by atoms with E-state index in [2.05, 4.69) is 15.7 Å². The Morgan fingerprint density at radius 1 is 0.705 bits per heavy atom. The Morgan fingerprint density at radius 3 is 1.84 bits per heavy atom. The van der Waals surface area contributed by atoms with Crippen LogP contribution in [-0.2, 0) is 19.4 Å². The molecule has 1 aromatic heterocycles. The van der Waals surface area contributed by atoms with Crippen LogP contribution >= 0.6 is 12.0 Å². The molecule has 1 heterocycles. The zero-order chi connectivity index (χ0) is 30.7. The minimum Gasteiger partial charge on any atom is -0.691 e. The molecule has 0 aliphatic heterocycles. The Bertz CT molecular complexity index is 2060. The van der Waals surface area contributed by atoms with Gasteiger partial charge >= 0.3 is 11.2 Å². The van der Waals surface area contributed by atoms with Gasteiger partial charge in [0, 0.05) is 47.3 Å². The number of sulfonamides is 1. The molecule has 11 heteroatoms. The molecule has 0 radical (unpaired) electrons. The highest BCUT2D eigenvalue weighted by Crippen LogP contribution is 2.42. The van der Waals surface area contributed by atoms with E-state index < -0.39 is 10.0 Å². The SMILES string of the molecule is CN(C)S(=O)(=O)c1ccc(Nc2ccc3c(-c4ccccc4SOO[O-])c4ccc(Nc5ccccc5)cc4[o+]c3c2)cc1. The van der Waals surface area contributed by atoms with E-state index in [-0.39, 0.29) is 4.90 Å². The van der Waals surface area contributed by atoms with E-state index >= 15 is 0 Å². The molecule has 0 aliphatic rings. The van der Waals surface area contributed by atoms with Crippen LogP contribution in [0.4, 0.5) is 22.7 Å². The summed E-state index contributed by atoms with van der Waals surface area (Å²) in [5.41, 5.74) is 6.25. The highest BCUT2D eigenvalue weighted by Gasteiger charge is 2.23. The van der Waals surface area contributed by atoms with E-state index in [1.54, 1.807) is 24.3 Å². The molecule has 44 heavy (non-hydrogen) atoms. The van der Waals surface area contributed by atoms with Crippen molar-refractivity contribution < 1.29 is 27.5 Å². The third-order valence-corrected chi connectivity index (χ3v) is 9.50. The number of benzene rings is 5. The third-order valence-electron chi connectivity index (χ3n) is 7.01. The first-order chi connectivity index (χ1) is 21.3. The summed E-state index contributed by atoms with van der Waals surface area (Å²) in [5, 5.41) is 22.7. The van der Waals surface area contributed by atoms with Crippen LogP contribution in [0.2, 0.25) is 0 Å². The maximum atomic E-state index is 12.5. The average Bonchev–Trinajstić information content (AvgIpc) is 3.03. The van der Waals surface area contributed by atoms with Gasteiger partial charge in [0.15, 0.2) is 0 Å². The molecule has 0 bridgehead atoms. The molecule has 6 rings (SSSR count). The highest BCUT2D eigenvalue weighted by molar-refractivity contribution is 7.94. The number of hydrogen-bond donors (Lipinski definition) is 2. The predicted octanol–water partition coefficient (Wildman–Crippen LogP) is 7.50. The molecule has 0 saturated heterocycles. The van der Waals surface area contributed by atoms with Crippen molar-refractivity contribution in [1.29, 1.82) is 0 Å². The van der Waals surface area contributed by atoms with Gasteiger partial charge in [-0.3, -0.25) is 5.04 Å². The van der Waals surface area contributed by atoms with Crippen LogP contribution in [0.15, 0.2) is 129 Å². The molecule has 222 valence electrons. The number of fused-ring (bicyclic) bond motifs is 2. The lowest BCUT2D eigenvalue weighted by Crippen LogP contribution is -2.22.